The van der Waals surface area contributed by atoms with Gasteiger partial charge in [-0.1, -0.05) is 41.0 Å². The number of unbranched alkanes of at least 4 members (excludes halogenated alkanes) is 1. The highest BCUT2D eigenvalue weighted by molar-refractivity contribution is 4.88. The molecule has 0 bridgehead atoms. The fourth-order valence-corrected chi connectivity index (χ4v) is 2.26. The molecule has 2 nitrogen and oxygen atoms in total. The normalized spacial score (nSPS) is 23.1. The van der Waals surface area contributed by atoms with Crippen molar-refractivity contribution in [2.75, 3.05) is 26.7 Å². The zero-order chi connectivity index (χ0) is 12.6. The second-order valence-electron chi connectivity index (χ2n) is 5.56. The molecule has 98 valence electrons. The molecule has 1 rings (SSSR count). The lowest BCUT2D eigenvalue weighted by Crippen LogP contribution is -2.35. The Bertz CT molecular complexity index is 166. The summed E-state index contributed by atoms with van der Waals surface area (Å²) in [5.41, 5.74) is 0.510. The van der Waals surface area contributed by atoms with Gasteiger partial charge in [-0.25, -0.2) is 0 Å². The van der Waals surface area contributed by atoms with Crippen LogP contribution in [0.5, 0.6) is 0 Å². The van der Waals surface area contributed by atoms with E-state index in [1.54, 1.807) is 0 Å². The van der Waals surface area contributed by atoms with Crippen molar-refractivity contribution in [3.8, 4) is 0 Å². The van der Waals surface area contributed by atoms with Gasteiger partial charge in [0.05, 0.1) is 0 Å². The monoisotopic (exact) mass is 228 g/mol. The SMILES string of the molecule is CC.CCCCN(C)CC1CC(C)(C)CN1. The first-order valence-corrected chi connectivity index (χ1v) is 6.95. The van der Waals surface area contributed by atoms with Crippen LogP contribution >= 0.6 is 0 Å². The van der Waals surface area contributed by atoms with Gasteiger partial charge in [0.15, 0.2) is 0 Å². The molecule has 0 spiro atoms. The van der Waals surface area contributed by atoms with E-state index >= 15 is 0 Å². The summed E-state index contributed by atoms with van der Waals surface area (Å²) in [6.45, 7) is 14.6. The smallest absolute Gasteiger partial charge is 0.0200 e. The van der Waals surface area contributed by atoms with Crippen LogP contribution in [-0.2, 0) is 0 Å². The largest absolute Gasteiger partial charge is 0.312 e. The number of hydrogen-bond donors (Lipinski definition) is 1. The Hall–Kier alpha value is -0.0800. The average molecular weight is 228 g/mol. The quantitative estimate of drug-likeness (QED) is 0.778. The Kier molecular flexibility index (Phi) is 8.04. The van der Waals surface area contributed by atoms with Crippen LogP contribution in [-0.4, -0.2) is 37.6 Å². The first kappa shape index (κ1) is 15.9. The van der Waals surface area contributed by atoms with Gasteiger partial charge in [0.25, 0.3) is 0 Å². The molecule has 0 amide bonds. The summed E-state index contributed by atoms with van der Waals surface area (Å²) < 4.78 is 0. The molecular weight excluding hydrogens is 196 g/mol. The van der Waals surface area contributed by atoms with Crippen molar-refractivity contribution in [3.63, 3.8) is 0 Å². The maximum Gasteiger partial charge on any atom is 0.0200 e. The van der Waals surface area contributed by atoms with Crippen molar-refractivity contribution in [2.45, 2.75) is 59.9 Å². The lowest BCUT2D eigenvalue weighted by molar-refractivity contribution is 0.287. The molecular formula is C14H32N2. The first-order valence-electron chi connectivity index (χ1n) is 6.95. The zero-order valence-corrected chi connectivity index (χ0v) is 12.3. The van der Waals surface area contributed by atoms with Crippen molar-refractivity contribution in [1.82, 2.24) is 10.2 Å². The molecule has 2 heteroatoms. The maximum atomic E-state index is 3.61. The molecule has 1 N–H and O–H groups in total. The van der Waals surface area contributed by atoms with E-state index < -0.39 is 0 Å². The summed E-state index contributed by atoms with van der Waals surface area (Å²) in [6, 6.07) is 0.715. The van der Waals surface area contributed by atoms with Crippen LogP contribution in [0.3, 0.4) is 0 Å². The number of hydrogen-bond acceptors (Lipinski definition) is 2. The highest BCUT2D eigenvalue weighted by Crippen LogP contribution is 2.27. The minimum atomic E-state index is 0.510. The molecule has 0 aromatic heterocycles. The van der Waals surface area contributed by atoms with Gasteiger partial charge >= 0.3 is 0 Å². The highest BCUT2D eigenvalue weighted by atomic mass is 15.1. The van der Waals surface area contributed by atoms with Crippen LogP contribution in [0.1, 0.15) is 53.9 Å². The molecule has 1 aliphatic heterocycles. The number of nitrogens with one attached hydrogen (secondary N) is 1. The molecule has 1 atom stereocenters. The van der Waals surface area contributed by atoms with Crippen molar-refractivity contribution in [3.05, 3.63) is 0 Å². The number of nitrogens with zero attached hydrogens (tertiary/aromatic N) is 1. The fourth-order valence-electron chi connectivity index (χ4n) is 2.26. The number of likely N-dealkylation sites (N-methyl/N-ethyl adjacent to an activating group) is 1. The molecule has 0 radical (unpaired) electrons. The van der Waals surface area contributed by atoms with Crippen molar-refractivity contribution >= 4 is 0 Å². The van der Waals surface area contributed by atoms with Crippen molar-refractivity contribution < 1.29 is 0 Å². The van der Waals surface area contributed by atoms with E-state index in [-0.39, 0.29) is 0 Å². The third kappa shape index (κ3) is 6.49. The lowest BCUT2D eigenvalue weighted by atomic mass is 9.90. The molecule has 1 fully saturated rings. The topological polar surface area (TPSA) is 15.3 Å². The van der Waals surface area contributed by atoms with Gasteiger partial charge in [0, 0.05) is 19.1 Å². The molecule has 0 saturated carbocycles. The van der Waals surface area contributed by atoms with Gasteiger partial charge in [0.2, 0.25) is 0 Å². The predicted molar refractivity (Wildman–Crippen MR) is 73.9 cm³/mol. The predicted octanol–water partition coefficient (Wildman–Crippen LogP) is 3.13. The molecule has 0 aromatic carbocycles. The van der Waals surface area contributed by atoms with Gasteiger partial charge in [-0.2, -0.15) is 0 Å². The lowest BCUT2D eigenvalue weighted by Gasteiger charge is -2.21. The third-order valence-electron chi connectivity index (χ3n) is 3.09. The van der Waals surface area contributed by atoms with Gasteiger partial charge in [-0.15, -0.1) is 0 Å². The first-order chi connectivity index (χ1) is 7.53. The van der Waals surface area contributed by atoms with Crippen LogP contribution < -0.4 is 5.32 Å². The van der Waals surface area contributed by atoms with Crippen molar-refractivity contribution in [2.24, 2.45) is 5.41 Å². The summed E-state index contributed by atoms with van der Waals surface area (Å²) in [7, 11) is 2.24. The third-order valence-corrected chi connectivity index (χ3v) is 3.09. The van der Waals surface area contributed by atoms with Gasteiger partial charge in [-0.3, -0.25) is 0 Å². The molecule has 0 aliphatic carbocycles. The van der Waals surface area contributed by atoms with E-state index in [1.165, 1.54) is 38.9 Å². The molecule has 1 aliphatic rings. The minimum Gasteiger partial charge on any atom is -0.312 e. The summed E-state index contributed by atoms with van der Waals surface area (Å²) >= 11 is 0. The van der Waals surface area contributed by atoms with E-state index in [2.05, 4.69) is 38.0 Å². The Morgan fingerprint density at radius 2 is 1.94 bits per heavy atom. The Morgan fingerprint density at radius 3 is 2.38 bits per heavy atom. The van der Waals surface area contributed by atoms with E-state index in [1.807, 2.05) is 13.8 Å². The fraction of sp³-hybridized carbons (Fsp3) is 1.00. The van der Waals surface area contributed by atoms with Gasteiger partial charge in [0.1, 0.15) is 0 Å². The van der Waals surface area contributed by atoms with E-state index in [0.717, 1.165) is 0 Å². The van der Waals surface area contributed by atoms with E-state index in [9.17, 15) is 0 Å². The van der Waals surface area contributed by atoms with E-state index in [4.69, 9.17) is 0 Å². The molecule has 1 heterocycles. The Balaban J connectivity index is 0.00000106. The van der Waals surface area contributed by atoms with Crippen LogP contribution in [0.2, 0.25) is 0 Å². The van der Waals surface area contributed by atoms with Gasteiger partial charge < -0.3 is 10.2 Å². The molecule has 1 unspecified atom stereocenters. The Morgan fingerprint density at radius 1 is 1.31 bits per heavy atom. The zero-order valence-electron chi connectivity index (χ0n) is 12.3. The second-order valence-corrected chi connectivity index (χ2v) is 5.56. The van der Waals surface area contributed by atoms with Gasteiger partial charge in [-0.05, 0) is 31.8 Å². The summed E-state index contributed by atoms with van der Waals surface area (Å²) in [5.74, 6) is 0. The van der Waals surface area contributed by atoms with Crippen LogP contribution in [0.15, 0.2) is 0 Å². The maximum absolute atomic E-state index is 3.61. The minimum absolute atomic E-state index is 0.510. The van der Waals surface area contributed by atoms with Crippen molar-refractivity contribution in [1.29, 1.82) is 0 Å². The molecule has 0 aromatic rings. The molecule has 1 saturated heterocycles. The Labute approximate surface area is 103 Å². The molecule has 16 heavy (non-hydrogen) atoms. The number of rotatable bonds is 5. The summed E-state index contributed by atoms with van der Waals surface area (Å²) in [5, 5.41) is 3.61. The van der Waals surface area contributed by atoms with E-state index in [0.29, 0.717) is 11.5 Å². The van der Waals surface area contributed by atoms with Crippen LogP contribution in [0, 0.1) is 5.41 Å². The van der Waals surface area contributed by atoms with Crippen LogP contribution in [0.25, 0.3) is 0 Å². The second kappa shape index (κ2) is 8.08. The standard InChI is InChI=1S/C12H26N2.C2H6/c1-5-6-7-14(4)9-11-8-12(2,3)10-13-11;1-2/h11,13H,5-10H2,1-4H3;1-2H3. The average Bonchev–Trinajstić information content (AvgIpc) is 2.58. The summed E-state index contributed by atoms with van der Waals surface area (Å²) in [6.07, 6.45) is 3.95. The summed E-state index contributed by atoms with van der Waals surface area (Å²) in [4.78, 5) is 2.46. The highest BCUT2D eigenvalue weighted by Gasteiger charge is 2.30. The van der Waals surface area contributed by atoms with Crippen LogP contribution in [0.4, 0.5) is 0 Å².